The number of nitrogens with zero attached hydrogens (tertiary/aromatic N) is 3. The van der Waals surface area contributed by atoms with Crippen LogP contribution in [-0.2, 0) is 19.6 Å². The quantitative estimate of drug-likeness (QED) is 0.460. The van der Waals surface area contributed by atoms with Crippen LogP contribution >= 0.6 is 23.2 Å². The van der Waals surface area contributed by atoms with Crippen LogP contribution in [0.2, 0.25) is 10.0 Å². The Balaban J connectivity index is 1.41. The zero-order chi connectivity index (χ0) is 24.9. The molecule has 1 aliphatic carbocycles. The van der Waals surface area contributed by atoms with E-state index in [4.69, 9.17) is 38.9 Å². The topological polar surface area (TPSA) is 95.5 Å². The summed E-state index contributed by atoms with van der Waals surface area (Å²) in [6.45, 7) is 5.17. The molecule has 1 aliphatic heterocycles. The van der Waals surface area contributed by atoms with Gasteiger partial charge in [0.2, 0.25) is 0 Å². The lowest BCUT2D eigenvalue weighted by Crippen LogP contribution is -2.45. The average molecular weight is 513 g/mol. The zero-order valence-electron chi connectivity index (χ0n) is 20.0. The summed E-state index contributed by atoms with van der Waals surface area (Å²) >= 11 is 12.8. The molecule has 6 nitrogen and oxygen atoms in total. The van der Waals surface area contributed by atoms with E-state index in [1.165, 1.54) is 16.7 Å². The molecule has 0 bridgehead atoms. The number of fused-ring (bicyclic) bond motifs is 1. The molecule has 1 saturated heterocycles. The van der Waals surface area contributed by atoms with Gasteiger partial charge in [-0.3, -0.25) is 0 Å². The third-order valence-corrected chi connectivity index (χ3v) is 8.68. The fourth-order valence-corrected chi connectivity index (χ4v) is 6.19. The van der Waals surface area contributed by atoms with Crippen molar-refractivity contribution in [2.24, 2.45) is 11.1 Å². The molecule has 0 radical (unpaired) electrons. The van der Waals surface area contributed by atoms with Gasteiger partial charge >= 0.3 is 0 Å². The molecule has 2 heterocycles. The van der Waals surface area contributed by atoms with E-state index in [-0.39, 0.29) is 24.7 Å². The van der Waals surface area contributed by atoms with Crippen LogP contribution in [0.25, 0.3) is 11.3 Å². The van der Waals surface area contributed by atoms with Gasteiger partial charge in [0.15, 0.2) is 5.82 Å². The van der Waals surface area contributed by atoms with Crippen LogP contribution in [0.5, 0.6) is 0 Å². The van der Waals surface area contributed by atoms with Gasteiger partial charge in [-0.2, -0.15) is 0 Å². The summed E-state index contributed by atoms with van der Waals surface area (Å²) in [5.74, 6) is 0.706. The lowest BCUT2D eigenvalue weighted by Gasteiger charge is -2.43. The van der Waals surface area contributed by atoms with Crippen molar-refractivity contribution in [3.8, 4) is 11.3 Å². The number of anilines is 1. The van der Waals surface area contributed by atoms with Gasteiger partial charge in [0.25, 0.3) is 0 Å². The Bertz CT molecular complexity index is 1290. The molecule has 0 saturated carbocycles. The van der Waals surface area contributed by atoms with Crippen LogP contribution in [0, 0.1) is 19.3 Å². The van der Waals surface area contributed by atoms with Crippen molar-refractivity contribution >= 4 is 29.0 Å². The normalized spacial score (nSPS) is 18.8. The number of piperidine rings is 1. The molecule has 1 spiro atoms. The number of benzene rings is 2. The third-order valence-electron chi connectivity index (χ3n) is 7.76. The van der Waals surface area contributed by atoms with E-state index >= 15 is 0 Å². The van der Waals surface area contributed by atoms with E-state index in [2.05, 4.69) is 30.0 Å². The summed E-state index contributed by atoms with van der Waals surface area (Å²) in [5.41, 5.74) is 13.7. The highest BCUT2D eigenvalue weighted by Crippen LogP contribution is 2.51. The van der Waals surface area contributed by atoms with Crippen LogP contribution in [0.1, 0.15) is 52.5 Å². The van der Waals surface area contributed by atoms with E-state index in [0.717, 1.165) is 32.4 Å². The van der Waals surface area contributed by atoms with E-state index in [9.17, 15) is 10.2 Å². The smallest absolute Gasteiger partial charge is 0.153 e. The zero-order valence-corrected chi connectivity index (χ0v) is 21.5. The maximum absolute atomic E-state index is 10.2. The van der Waals surface area contributed by atoms with E-state index in [1.54, 1.807) is 12.1 Å². The second-order valence-corrected chi connectivity index (χ2v) is 10.6. The van der Waals surface area contributed by atoms with Crippen molar-refractivity contribution < 1.29 is 10.2 Å². The van der Waals surface area contributed by atoms with Gasteiger partial charge in [-0.15, -0.1) is 0 Å². The van der Waals surface area contributed by atoms with Crippen molar-refractivity contribution in [1.82, 2.24) is 9.97 Å². The van der Waals surface area contributed by atoms with Gasteiger partial charge in [-0.25, -0.2) is 9.97 Å². The predicted octanol–water partition coefficient (Wildman–Crippen LogP) is 4.89. The monoisotopic (exact) mass is 512 g/mol. The van der Waals surface area contributed by atoms with Crippen LogP contribution in [0.3, 0.4) is 0 Å². The maximum atomic E-state index is 10.2. The largest absolute Gasteiger partial charge is 0.392 e. The van der Waals surface area contributed by atoms with Gasteiger partial charge in [0, 0.05) is 24.7 Å². The van der Waals surface area contributed by atoms with E-state index < -0.39 is 0 Å². The molecule has 1 atom stereocenters. The van der Waals surface area contributed by atoms with E-state index in [1.807, 2.05) is 6.92 Å². The summed E-state index contributed by atoms with van der Waals surface area (Å²) in [6.07, 6.45) is 2.93. The number of aliphatic hydroxyl groups excluding tert-OH is 2. The molecule has 35 heavy (non-hydrogen) atoms. The second-order valence-electron chi connectivity index (χ2n) is 9.85. The summed E-state index contributed by atoms with van der Waals surface area (Å²) < 4.78 is 0. The van der Waals surface area contributed by atoms with Crippen molar-refractivity contribution in [1.29, 1.82) is 0 Å². The van der Waals surface area contributed by atoms with Crippen molar-refractivity contribution in [3.05, 3.63) is 74.0 Å². The van der Waals surface area contributed by atoms with E-state index in [0.29, 0.717) is 44.1 Å². The highest BCUT2D eigenvalue weighted by Gasteiger charge is 2.46. The third kappa shape index (κ3) is 4.11. The highest BCUT2D eigenvalue weighted by molar-refractivity contribution is 6.44. The first kappa shape index (κ1) is 24.5. The Morgan fingerprint density at radius 1 is 1.03 bits per heavy atom. The lowest BCUT2D eigenvalue weighted by molar-refractivity contribution is 0.186. The molecule has 3 aromatic rings. The first-order valence-electron chi connectivity index (χ1n) is 11.9. The SMILES string of the molecule is Cc1ccc2c(c1)[C@@H](N)C1(CCN(c3nc(C)c(-c4ccc(CO)c(Cl)c4Cl)nc3CO)CC1)C2. The number of halogens is 2. The van der Waals surface area contributed by atoms with Crippen molar-refractivity contribution in [3.63, 3.8) is 0 Å². The van der Waals surface area contributed by atoms with Crippen LogP contribution in [0.4, 0.5) is 5.82 Å². The Labute approximate surface area is 215 Å². The molecule has 1 fully saturated rings. The first-order valence-corrected chi connectivity index (χ1v) is 12.7. The number of aliphatic hydroxyl groups is 2. The molecule has 184 valence electrons. The Morgan fingerprint density at radius 2 is 1.77 bits per heavy atom. The summed E-state index contributed by atoms with van der Waals surface area (Å²) in [7, 11) is 0. The van der Waals surface area contributed by atoms with Crippen LogP contribution < -0.4 is 10.6 Å². The second kappa shape index (κ2) is 9.34. The van der Waals surface area contributed by atoms with Gasteiger partial charge in [-0.05, 0) is 55.2 Å². The Kier molecular flexibility index (Phi) is 6.53. The molecular formula is C27H30Cl2N4O2. The fraction of sp³-hybridized carbons (Fsp3) is 0.407. The molecule has 2 aliphatic rings. The van der Waals surface area contributed by atoms with Crippen LogP contribution in [-0.4, -0.2) is 33.3 Å². The maximum Gasteiger partial charge on any atom is 0.153 e. The Morgan fingerprint density at radius 3 is 2.46 bits per heavy atom. The number of aryl methyl sites for hydroxylation is 2. The van der Waals surface area contributed by atoms with Gasteiger partial charge in [0.1, 0.15) is 5.69 Å². The summed E-state index contributed by atoms with van der Waals surface area (Å²) in [5, 5.41) is 20.2. The molecule has 0 unspecified atom stereocenters. The van der Waals surface area contributed by atoms with Gasteiger partial charge in [-0.1, -0.05) is 59.1 Å². The van der Waals surface area contributed by atoms with Crippen molar-refractivity contribution in [2.75, 3.05) is 18.0 Å². The minimum atomic E-state index is -0.235. The van der Waals surface area contributed by atoms with Crippen LogP contribution in [0.15, 0.2) is 30.3 Å². The molecule has 5 rings (SSSR count). The fourth-order valence-electron chi connectivity index (χ4n) is 5.69. The molecular weight excluding hydrogens is 483 g/mol. The molecule has 0 amide bonds. The molecule has 8 heteroatoms. The highest BCUT2D eigenvalue weighted by atomic mass is 35.5. The minimum absolute atomic E-state index is 0.0424. The van der Waals surface area contributed by atoms with Crippen molar-refractivity contribution in [2.45, 2.75) is 52.4 Å². The predicted molar refractivity (Wildman–Crippen MR) is 140 cm³/mol. The number of rotatable bonds is 4. The lowest BCUT2D eigenvalue weighted by atomic mass is 9.73. The number of aromatic nitrogens is 2. The number of nitrogens with two attached hydrogens (primary N) is 1. The average Bonchev–Trinajstić information content (AvgIpc) is 3.12. The molecule has 4 N–H and O–H groups in total. The molecule has 2 aromatic carbocycles. The number of hydrogen-bond acceptors (Lipinski definition) is 6. The Hall–Kier alpha value is -2.22. The number of hydrogen-bond donors (Lipinski definition) is 3. The molecule has 1 aromatic heterocycles. The minimum Gasteiger partial charge on any atom is -0.392 e. The van der Waals surface area contributed by atoms with Gasteiger partial charge in [0.05, 0.1) is 34.6 Å². The summed E-state index contributed by atoms with van der Waals surface area (Å²) in [4.78, 5) is 11.8. The summed E-state index contributed by atoms with van der Waals surface area (Å²) in [6, 6.07) is 10.2. The standard InChI is InChI=1S/C27H30Cl2N4O2/c1-15-3-4-17-12-27(25(30)20(17)11-15)7-9-33(10-8-27)26-21(14-35)32-24(16(2)31-26)19-6-5-18(13-34)22(28)23(19)29/h3-6,11,25,34-35H,7-10,12-14,30H2,1-2H3/t25-/m1/s1. The van der Waals surface area contributed by atoms with Gasteiger partial charge < -0.3 is 20.8 Å². The first-order chi connectivity index (χ1) is 16.8.